The smallest absolute Gasteiger partial charge is 0.305 e. The van der Waals surface area contributed by atoms with Gasteiger partial charge < -0.3 is 14.0 Å². The van der Waals surface area contributed by atoms with Crippen LogP contribution in [0.15, 0.2) is 12.7 Å². The quantitative estimate of drug-likeness (QED) is 0.225. The maximum atomic E-state index is 14.0. The topological polar surface area (TPSA) is 72.8 Å². The van der Waals surface area contributed by atoms with Crippen LogP contribution in [0.3, 0.4) is 0 Å². The maximum Gasteiger partial charge on any atom is 0.305 e. The molecule has 1 N–H and O–H groups in total. The molecule has 33 heavy (non-hydrogen) atoms. The van der Waals surface area contributed by atoms with Gasteiger partial charge in [0, 0.05) is 11.3 Å². The van der Waals surface area contributed by atoms with Crippen molar-refractivity contribution in [3.8, 4) is 0 Å². The predicted octanol–water partition coefficient (Wildman–Crippen LogP) is 7.30. The van der Waals surface area contributed by atoms with Gasteiger partial charge in [-0.25, -0.2) is 0 Å². The number of carboxylic acid groups (broad SMARTS) is 1. The van der Waals surface area contributed by atoms with Crippen LogP contribution in [0.25, 0.3) is 0 Å². The lowest BCUT2D eigenvalue weighted by molar-refractivity contribution is -0.146. The summed E-state index contributed by atoms with van der Waals surface area (Å²) >= 11 is 0. The Morgan fingerprint density at radius 3 is 1.61 bits per heavy atom. The first-order valence-electron chi connectivity index (χ1n) is 12.2. The summed E-state index contributed by atoms with van der Waals surface area (Å²) in [5.74, 6) is -1.43. The second-order valence-electron chi connectivity index (χ2n) is 13.3. The number of carbonyl (C=O) groups is 2. The summed E-state index contributed by atoms with van der Waals surface area (Å²) in [5.41, 5.74) is -0.983. The molecule has 194 valence electrons. The lowest BCUT2D eigenvalue weighted by Gasteiger charge is -2.46. The van der Waals surface area contributed by atoms with E-state index in [4.69, 9.17) is 8.85 Å². The van der Waals surface area contributed by atoms with Crippen molar-refractivity contribution >= 4 is 28.4 Å². The van der Waals surface area contributed by atoms with Gasteiger partial charge in [-0.05, 0) is 42.2 Å². The minimum Gasteiger partial charge on any atom is -0.481 e. The van der Waals surface area contributed by atoms with Crippen molar-refractivity contribution in [2.75, 3.05) is 0 Å². The number of carbonyl (C=O) groups excluding carboxylic acids is 1. The van der Waals surface area contributed by atoms with E-state index in [1.165, 1.54) is 0 Å². The van der Waals surface area contributed by atoms with Crippen LogP contribution in [-0.2, 0) is 18.4 Å². The molecule has 0 saturated heterocycles. The average Bonchev–Trinajstić information content (AvgIpc) is 2.61. The van der Waals surface area contributed by atoms with Crippen LogP contribution in [0.2, 0.25) is 36.3 Å². The normalized spacial score (nSPS) is 17.8. The second kappa shape index (κ2) is 10.9. The van der Waals surface area contributed by atoms with Crippen molar-refractivity contribution in [3.05, 3.63) is 12.7 Å². The third kappa shape index (κ3) is 8.15. The Balaban J connectivity index is 6.23. The summed E-state index contributed by atoms with van der Waals surface area (Å²) in [7, 11) is -4.45. The standard InChI is InChI=1S/C26H52O5Si2/c1-16-18(2)22(31-33(14,15)25(7,8)9)19(3)23(29)26(10,11)20(17-21(27)28)30-32(12,13)24(4,5)6/h16,18-20,22H,1,17H2,2-15H3,(H,27,28)/t18-,19+,20+,22-/m0/s1. The van der Waals surface area contributed by atoms with Gasteiger partial charge in [-0.1, -0.05) is 75.3 Å². The van der Waals surface area contributed by atoms with Gasteiger partial charge in [-0.15, -0.1) is 6.58 Å². The molecular weight excluding hydrogens is 448 g/mol. The fourth-order valence-electron chi connectivity index (χ4n) is 3.35. The molecule has 0 aromatic carbocycles. The van der Waals surface area contributed by atoms with Crippen molar-refractivity contribution in [1.29, 1.82) is 0 Å². The van der Waals surface area contributed by atoms with E-state index in [9.17, 15) is 14.7 Å². The van der Waals surface area contributed by atoms with E-state index in [-0.39, 0.29) is 34.3 Å². The van der Waals surface area contributed by atoms with Crippen molar-refractivity contribution in [2.45, 2.75) is 124 Å². The highest BCUT2D eigenvalue weighted by Gasteiger charge is 2.49. The number of Topliss-reactive ketones (excluding diaryl/α,β-unsaturated/α-hetero) is 1. The number of ketones is 1. The van der Waals surface area contributed by atoms with Gasteiger partial charge in [0.1, 0.15) is 5.78 Å². The molecule has 0 rings (SSSR count). The molecule has 0 heterocycles. The highest BCUT2D eigenvalue weighted by Crippen LogP contribution is 2.43. The first-order chi connectivity index (χ1) is 14.4. The van der Waals surface area contributed by atoms with E-state index in [1.54, 1.807) is 0 Å². The van der Waals surface area contributed by atoms with E-state index in [0.717, 1.165) is 0 Å². The van der Waals surface area contributed by atoms with E-state index in [1.807, 2.05) is 33.8 Å². The monoisotopic (exact) mass is 500 g/mol. The molecular formula is C26H52O5Si2. The summed E-state index contributed by atoms with van der Waals surface area (Å²) in [6.07, 6.45) is 0.602. The predicted molar refractivity (Wildman–Crippen MR) is 144 cm³/mol. The lowest BCUT2D eigenvalue weighted by atomic mass is 9.73. The van der Waals surface area contributed by atoms with Crippen LogP contribution < -0.4 is 0 Å². The average molecular weight is 501 g/mol. The van der Waals surface area contributed by atoms with Crippen LogP contribution in [0.4, 0.5) is 0 Å². The lowest BCUT2D eigenvalue weighted by Crippen LogP contribution is -2.54. The zero-order valence-corrected chi connectivity index (χ0v) is 25.9. The van der Waals surface area contributed by atoms with Crippen molar-refractivity contribution < 1.29 is 23.5 Å². The zero-order valence-electron chi connectivity index (χ0n) is 23.9. The van der Waals surface area contributed by atoms with Crippen LogP contribution in [0, 0.1) is 17.3 Å². The molecule has 0 spiro atoms. The van der Waals surface area contributed by atoms with Gasteiger partial charge in [0.15, 0.2) is 16.6 Å². The molecule has 0 fully saturated rings. The first kappa shape index (κ1) is 32.2. The molecule has 0 radical (unpaired) electrons. The second-order valence-corrected chi connectivity index (χ2v) is 22.8. The molecule has 0 unspecified atom stereocenters. The van der Waals surface area contributed by atoms with E-state index in [2.05, 4.69) is 74.3 Å². The van der Waals surface area contributed by atoms with Crippen LogP contribution in [0.5, 0.6) is 0 Å². The Hall–Kier alpha value is -0.766. The zero-order chi connectivity index (χ0) is 26.8. The number of hydrogen-bond donors (Lipinski definition) is 1. The number of hydrogen-bond acceptors (Lipinski definition) is 4. The molecule has 0 aromatic rings. The van der Waals surface area contributed by atoms with Gasteiger partial charge in [0.05, 0.1) is 18.6 Å². The Labute approximate surface area is 206 Å². The minimum atomic E-state index is -2.30. The van der Waals surface area contributed by atoms with Crippen molar-refractivity contribution in [1.82, 2.24) is 0 Å². The van der Waals surface area contributed by atoms with Gasteiger partial charge >= 0.3 is 5.97 Å². The van der Waals surface area contributed by atoms with Crippen LogP contribution in [0.1, 0.15) is 75.7 Å². The highest BCUT2D eigenvalue weighted by atomic mass is 28.4. The maximum absolute atomic E-state index is 14.0. The van der Waals surface area contributed by atoms with Gasteiger partial charge in [0.25, 0.3) is 0 Å². The minimum absolute atomic E-state index is 0.00170. The van der Waals surface area contributed by atoms with Gasteiger partial charge in [-0.2, -0.15) is 0 Å². The molecule has 0 aliphatic rings. The summed E-state index contributed by atoms with van der Waals surface area (Å²) in [6, 6.07) is 0. The summed E-state index contributed by atoms with van der Waals surface area (Å²) in [5, 5.41) is 9.54. The van der Waals surface area contributed by atoms with E-state index >= 15 is 0 Å². The number of carboxylic acids is 1. The Morgan fingerprint density at radius 1 is 0.879 bits per heavy atom. The fourth-order valence-corrected chi connectivity index (χ4v) is 6.24. The molecule has 0 amide bonds. The van der Waals surface area contributed by atoms with Gasteiger partial charge in [0.2, 0.25) is 0 Å². The highest BCUT2D eigenvalue weighted by molar-refractivity contribution is 6.74. The molecule has 0 bridgehead atoms. The van der Waals surface area contributed by atoms with Crippen LogP contribution in [-0.4, -0.2) is 45.7 Å². The Bertz CT molecular complexity index is 698. The van der Waals surface area contributed by atoms with Crippen LogP contribution >= 0.6 is 0 Å². The molecule has 0 aliphatic carbocycles. The largest absolute Gasteiger partial charge is 0.481 e. The van der Waals surface area contributed by atoms with Crippen molar-refractivity contribution in [3.63, 3.8) is 0 Å². The van der Waals surface area contributed by atoms with Gasteiger partial charge in [-0.3, -0.25) is 9.59 Å². The SMILES string of the molecule is C=C[C@H](C)[C@H](O[Si](C)(C)C(C)(C)C)[C@@H](C)C(=O)C(C)(C)[C@@H](CC(=O)O)O[Si](C)(C)C(C)(C)C. The molecule has 0 aliphatic heterocycles. The molecule has 7 heteroatoms. The van der Waals surface area contributed by atoms with E-state index in [0.29, 0.717) is 0 Å². The fraction of sp³-hybridized carbons (Fsp3) is 0.846. The summed E-state index contributed by atoms with van der Waals surface area (Å²) in [6.45, 7) is 33.0. The van der Waals surface area contributed by atoms with Crippen molar-refractivity contribution in [2.24, 2.45) is 17.3 Å². The number of aliphatic carboxylic acids is 1. The molecule has 5 nitrogen and oxygen atoms in total. The molecule has 4 atom stereocenters. The Kier molecular flexibility index (Phi) is 10.6. The summed E-state index contributed by atoms with van der Waals surface area (Å²) < 4.78 is 13.3. The number of rotatable bonds is 12. The third-order valence-electron chi connectivity index (χ3n) is 8.08. The summed E-state index contributed by atoms with van der Waals surface area (Å²) in [4.78, 5) is 25.7. The first-order valence-corrected chi connectivity index (χ1v) is 18.0. The molecule has 0 aromatic heterocycles. The molecule has 0 saturated carbocycles. The third-order valence-corrected chi connectivity index (χ3v) is 17.0. The Morgan fingerprint density at radius 2 is 1.27 bits per heavy atom. The van der Waals surface area contributed by atoms with E-state index < -0.39 is 40.0 Å².